The number of nitrogens with one attached hydrogen (secondary N) is 1. The molecule has 1 aliphatic heterocycles. The van der Waals surface area contributed by atoms with Crippen LogP contribution in [0.1, 0.15) is 23.1 Å². The van der Waals surface area contributed by atoms with Gasteiger partial charge in [0.1, 0.15) is 5.82 Å². The van der Waals surface area contributed by atoms with Crippen LogP contribution in [0, 0.1) is 0 Å². The minimum atomic E-state index is -0.102. The van der Waals surface area contributed by atoms with Crippen LogP contribution >= 0.6 is 11.6 Å². The molecule has 148 valence electrons. The van der Waals surface area contributed by atoms with Crippen LogP contribution in [0.25, 0.3) is 17.0 Å². The number of carbonyl (C=O) groups is 2. The van der Waals surface area contributed by atoms with Gasteiger partial charge in [-0.1, -0.05) is 23.7 Å². The van der Waals surface area contributed by atoms with Crippen LogP contribution in [0.3, 0.4) is 0 Å². The monoisotopic (exact) mass is 408 g/mol. The fourth-order valence-corrected chi connectivity index (χ4v) is 3.93. The number of hydrogen-bond acceptors (Lipinski definition) is 3. The van der Waals surface area contributed by atoms with Gasteiger partial charge >= 0.3 is 0 Å². The number of benzene rings is 1. The summed E-state index contributed by atoms with van der Waals surface area (Å²) in [4.78, 5) is 30.0. The van der Waals surface area contributed by atoms with E-state index in [1.165, 1.54) is 0 Å². The summed E-state index contributed by atoms with van der Waals surface area (Å²) in [6.45, 7) is 0.481. The Labute approximate surface area is 173 Å². The Morgan fingerprint density at radius 2 is 2.21 bits per heavy atom. The lowest BCUT2D eigenvalue weighted by molar-refractivity contribution is -0.125. The second kappa shape index (κ2) is 7.72. The number of aryl methyl sites for hydroxylation is 2. The molecular formula is C22H21ClN4O2. The number of aromatic nitrogens is 2. The fourth-order valence-electron chi connectivity index (χ4n) is 3.62. The summed E-state index contributed by atoms with van der Waals surface area (Å²) < 4.78 is 1.98. The molecular weight excluding hydrogens is 388 g/mol. The second-order valence-electron chi connectivity index (χ2n) is 7.25. The molecule has 1 N–H and O–H groups in total. The quantitative estimate of drug-likeness (QED) is 0.668. The van der Waals surface area contributed by atoms with E-state index in [4.69, 9.17) is 11.6 Å². The molecule has 0 saturated carbocycles. The number of amides is 2. The average Bonchev–Trinajstić information content (AvgIpc) is 3.02. The number of rotatable bonds is 4. The number of hydrogen-bond donors (Lipinski definition) is 1. The van der Waals surface area contributed by atoms with Crippen LogP contribution < -0.4 is 5.32 Å². The first-order chi connectivity index (χ1) is 13.9. The van der Waals surface area contributed by atoms with Crippen molar-refractivity contribution in [1.82, 2.24) is 14.5 Å². The Morgan fingerprint density at radius 3 is 3.03 bits per heavy atom. The lowest BCUT2D eigenvalue weighted by Gasteiger charge is -2.16. The Balaban J connectivity index is 1.48. The van der Waals surface area contributed by atoms with E-state index in [-0.39, 0.29) is 11.8 Å². The van der Waals surface area contributed by atoms with Crippen molar-refractivity contribution in [3.05, 3.63) is 64.4 Å². The van der Waals surface area contributed by atoms with Crippen molar-refractivity contribution in [1.29, 1.82) is 0 Å². The van der Waals surface area contributed by atoms with E-state index in [0.29, 0.717) is 30.2 Å². The van der Waals surface area contributed by atoms with Crippen molar-refractivity contribution in [3.8, 4) is 0 Å². The largest absolute Gasteiger partial charge is 0.349 e. The maximum atomic E-state index is 12.6. The molecule has 29 heavy (non-hydrogen) atoms. The highest BCUT2D eigenvalue weighted by Gasteiger charge is 2.16. The van der Waals surface area contributed by atoms with Crippen molar-refractivity contribution in [2.75, 3.05) is 12.4 Å². The van der Waals surface area contributed by atoms with Crippen LogP contribution in [0.4, 0.5) is 5.82 Å². The lowest BCUT2D eigenvalue weighted by Crippen LogP contribution is -2.24. The van der Waals surface area contributed by atoms with Crippen molar-refractivity contribution in [2.24, 2.45) is 7.05 Å². The van der Waals surface area contributed by atoms with Crippen LogP contribution in [0.2, 0.25) is 5.02 Å². The predicted molar refractivity (Wildman–Crippen MR) is 115 cm³/mol. The molecule has 0 atom stereocenters. The third kappa shape index (κ3) is 3.89. The summed E-state index contributed by atoms with van der Waals surface area (Å²) in [5.41, 5.74) is 3.83. The first-order valence-electron chi connectivity index (χ1n) is 9.37. The van der Waals surface area contributed by atoms with Gasteiger partial charge in [0.2, 0.25) is 11.8 Å². The highest BCUT2D eigenvalue weighted by Crippen LogP contribution is 2.28. The molecule has 1 aliphatic rings. The molecule has 0 spiro atoms. The molecule has 0 aliphatic carbocycles. The Kier molecular flexibility index (Phi) is 5.11. The zero-order chi connectivity index (χ0) is 20.5. The van der Waals surface area contributed by atoms with Gasteiger partial charge in [-0.15, -0.1) is 0 Å². The van der Waals surface area contributed by atoms with Crippen LogP contribution in [0.5, 0.6) is 0 Å². The van der Waals surface area contributed by atoms with Crippen molar-refractivity contribution in [3.63, 3.8) is 0 Å². The van der Waals surface area contributed by atoms with Crippen molar-refractivity contribution in [2.45, 2.75) is 19.4 Å². The molecule has 1 aromatic carbocycles. The summed E-state index contributed by atoms with van der Waals surface area (Å²) >= 11 is 6.31. The smallest absolute Gasteiger partial charge is 0.246 e. The van der Waals surface area contributed by atoms with Gasteiger partial charge < -0.3 is 14.8 Å². The SMILES string of the molecule is CN(Cc1cn(C)c2c(Cl)cccc12)C(=O)C=Cc1cnc2c(c1)CCC(=O)N2. The van der Waals surface area contributed by atoms with Gasteiger partial charge in [0.25, 0.3) is 0 Å². The van der Waals surface area contributed by atoms with Crippen LogP contribution in [-0.2, 0) is 29.6 Å². The first-order valence-corrected chi connectivity index (χ1v) is 9.74. The number of likely N-dealkylation sites (N-methyl/N-ethyl adjacent to an activating group) is 1. The van der Waals surface area contributed by atoms with Gasteiger partial charge in [-0.05, 0) is 41.3 Å². The maximum absolute atomic E-state index is 12.6. The number of fused-ring (bicyclic) bond motifs is 2. The summed E-state index contributed by atoms with van der Waals surface area (Å²) in [5, 5.41) is 4.50. The van der Waals surface area contributed by atoms with E-state index in [9.17, 15) is 9.59 Å². The van der Waals surface area contributed by atoms with E-state index < -0.39 is 0 Å². The van der Waals surface area contributed by atoms with E-state index in [1.807, 2.05) is 42.1 Å². The molecule has 3 heterocycles. The summed E-state index contributed by atoms with van der Waals surface area (Å²) in [6.07, 6.45) is 8.07. The van der Waals surface area contributed by atoms with E-state index in [2.05, 4.69) is 10.3 Å². The van der Waals surface area contributed by atoms with Crippen molar-refractivity contribution < 1.29 is 9.59 Å². The highest BCUT2D eigenvalue weighted by atomic mass is 35.5. The highest BCUT2D eigenvalue weighted by molar-refractivity contribution is 6.35. The summed E-state index contributed by atoms with van der Waals surface area (Å²) in [6, 6.07) is 7.76. The molecule has 0 bridgehead atoms. The Hall–Kier alpha value is -3.12. The molecule has 7 heteroatoms. The first kappa shape index (κ1) is 19.2. The number of pyridine rings is 1. The Morgan fingerprint density at radius 1 is 1.38 bits per heavy atom. The minimum Gasteiger partial charge on any atom is -0.349 e. The standard InChI is InChI=1S/C22H21ClN4O2/c1-26(12-16-13-27(2)21-17(16)4-3-5-18(21)23)20(29)9-6-14-10-15-7-8-19(28)25-22(15)24-11-14/h3-6,9-11,13H,7-8,12H2,1-2H3,(H,24,25,28). The number of carbonyl (C=O) groups excluding carboxylic acids is 2. The maximum Gasteiger partial charge on any atom is 0.246 e. The second-order valence-corrected chi connectivity index (χ2v) is 7.66. The summed E-state index contributed by atoms with van der Waals surface area (Å²) in [5.74, 6) is 0.492. The number of nitrogens with zero attached hydrogens (tertiary/aromatic N) is 3. The zero-order valence-corrected chi connectivity index (χ0v) is 17.0. The molecule has 4 rings (SSSR count). The normalized spacial score (nSPS) is 13.6. The predicted octanol–water partition coefficient (Wildman–Crippen LogP) is 3.78. The average molecular weight is 409 g/mol. The van der Waals surface area contributed by atoms with Crippen LogP contribution in [-0.4, -0.2) is 33.3 Å². The van der Waals surface area contributed by atoms with Gasteiger partial charge in [-0.25, -0.2) is 4.98 Å². The van der Waals surface area contributed by atoms with Gasteiger partial charge in [0.15, 0.2) is 0 Å². The summed E-state index contributed by atoms with van der Waals surface area (Å²) in [7, 11) is 3.72. The molecule has 2 aromatic heterocycles. The number of anilines is 1. The van der Waals surface area contributed by atoms with Crippen LogP contribution in [0.15, 0.2) is 42.7 Å². The lowest BCUT2D eigenvalue weighted by atomic mass is 10.0. The van der Waals surface area contributed by atoms with E-state index in [1.54, 1.807) is 30.3 Å². The van der Waals surface area contributed by atoms with E-state index >= 15 is 0 Å². The van der Waals surface area contributed by atoms with Gasteiger partial charge in [0, 0.05) is 50.9 Å². The van der Waals surface area contributed by atoms with E-state index in [0.717, 1.165) is 27.6 Å². The van der Waals surface area contributed by atoms with Gasteiger partial charge in [-0.3, -0.25) is 9.59 Å². The third-order valence-electron chi connectivity index (χ3n) is 5.10. The molecule has 0 saturated heterocycles. The molecule has 3 aromatic rings. The van der Waals surface area contributed by atoms with Gasteiger partial charge in [-0.2, -0.15) is 0 Å². The molecule has 6 nitrogen and oxygen atoms in total. The number of halogens is 1. The third-order valence-corrected chi connectivity index (χ3v) is 5.41. The minimum absolute atomic E-state index is 0.0141. The van der Waals surface area contributed by atoms with Crippen molar-refractivity contribution >= 4 is 46.2 Å². The Bertz CT molecular complexity index is 1150. The molecule has 0 fully saturated rings. The molecule has 0 unspecified atom stereocenters. The molecule has 0 radical (unpaired) electrons. The molecule has 2 amide bonds. The topological polar surface area (TPSA) is 67.2 Å². The zero-order valence-electron chi connectivity index (χ0n) is 16.3. The number of para-hydroxylation sites is 1. The fraction of sp³-hybridized carbons (Fsp3) is 0.227. The van der Waals surface area contributed by atoms with Gasteiger partial charge in [0.05, 0.1) is 10.5 Å².